The third-order valence-electron chi connectivity index (χ3n) is 3.29. The summed E-state index contributed by atoms with van der Waals surface area (Å²) < 4.78 is 11.0. The van der Waals surface area contributed by atoms with E-state index in [0.29, 0.717) is 22.1 Å². The van der Waals surface area contributed by atoms with Crippen LogP contribution in [0.3, 0.4) is 0 Å². The number of aliphatic hydroxyl groups is 1. The molecule has 5 nitrogen and oxygen atoms in total. The molecular formula is C19H22ClNO4. The summed E-state index contributed by atoms with van der Waals surface area (Å²) in [6.07, 6.45) is -0.771. The second kappa shape index (κ2) is 9.30. The van der Waals surface area contributed by atoms with Gasteiger partial charge in [-0.1, -0.05) is 23.7 Å². The first-order valence-corrected chi connectivity index (χ1v) is 8.41. The molecule has 0 fully saturated rings. The molecule has 0 spiro atoms. The molecule has 0 radical (unpaired) electrons. The first-order chi connectivity index (χ1) is 11.9. The molecule has 2 N–H and O–H groups in total. The molecule has 1 atom stereocenters. The van der Waals surface area contributed by atoms with Crippen molar-refractivity contribution in [2.24, 2.45) is 0 Å². The number of rotatable bonds is 8. The topological polar surface area (TPSA) is 67.8 Å². The molecule has 0 aliphatic heterocycles. The highest BCUT2D eigenvalue weighted by Gasteiger charge is 2.11. The van der Waals surface area contributed by atoms with Crippen molar-refractivity contribution >= 4 is 17.5 Å². The van der Waals surface area contributed by atoms with Crippen molar-refractivity contribution in [2.75, 3.05) is 13.2 Å². The van der Waals surface area contributed by atoms with Crippen molar-refractivity contribution in [1.82, 2.24) is 5.32 Å². The number of carbonyl (C=O) groups excluding carboxylic acids is 1. The van der Waals surface area contributed by atoms with Crippen molar-refractivity contribution in [3.63, 3.8) is 0 Å². The van der Waals surface area contributed by atoms with Crippen LogP contribution in [0.2, 0.25) is 5.02 Å². The second-order valence-corrected chi connectivity index (χ2v) is 6.24. The van der Waals surface area contributed by atoms with Gasteiger partial charge in [0.2, 0.25) is 0 Å². The van der Waals surface area contributed by atoms with Gasteiger partial charge in [-0.2, -0.15) is 0 Å². The molecule has 0 bridgehead atoms. The van der Waals surface area contributed by atoms with Gasteiger partial charge in [-0.25, -0.2) is 0 Å². The highest BCUT2D eigenvalue weighted by atomic mass is 35.5. The van der Waals surface area contributed by atoms with E-state index in [2.05, 4.69) is 5.32 Å². The van der Waals surface area contributed by atoms with E-state index in [9.17, 15) is 9.90 Å². The zero-order valence-electron chi connectivity index (χ0n) is 14.2. The van der Waals surface area contributed by atoms with Crippen molar-refractivity contribution in [3.8, 4) is 11.5 Å². The van der Waals surface area contributed by atoms with Gasteiger partial charge in [0, 0.05) is 11.6 Å². The van der Waals surface area contributed by atoms with E-state index in [0.717, 1.165) is 0 Å². The van der Waals surface area contributed by atoms with Crippen molar-refractivity contribution in [3.05, 3.63) is 59.1 Å². The number of ether oxygens (including phenoxy) is 2. The van der Waals surface area contributed by atoms with Gasteiger partial charge >= 0.3 is 0 Å². The van der Waals surface area contributed by atoms with Crippen molar-refractivity contribution in [2.45, 2.75) is 26.1 Å². The van der Waals surface area contributed by atoms with Gasteiger partial charge in [-0.15, -0.1) is 0 Å². The molecule has 2 rings (SSSR count). The van der Waals surface area contributed by atoms with Crippen LogP contribution in [-0.2, 0) is 4.79 Å². The van der Waals surface area contributed by atoms with E-state index in [4.69, 9.17) is 21.1 Å². The van der Waals surface area contributed by atoms with Gasteiger partial charge in [0.05, 0.1) is 12.2 Å². The van der Waals surface area contributed by atoms with Crippen molar-refractivity contribution < 1.29 is 19.4 Å². The maximum Gasteiger partial charge on any atom is 0.258 e. The Morgan fingerprint density at radius 2 is 1.88 bits per heavy atom. The monoisotopic (exact) mass is 363 g/mol. The first-order valence-electron chi connectivity index (χ1n) is 8.04. The molecule has 1 amide bonds. The summed E-state index contributed by atoms with van der Waals surface area (Å²) in [5.41, 5.74) is 0.678. The molecule has 134 valence electrons. The SMILES string of the molecule is CC(C)Oc1cccc(C(O)CNC(=O)COc2ccc(Cl)cc2)c1. The van der Waals surface area contributed by atoms with E-state index in [1.54, 1.807) is 36.4 Å². The first kappa shape index (κ1) is 19.1. The quantitative estimate of drug-likeness (QED) is 0.754. The number of hydrogen-bond donors (Lipinski definition) is 2. The van der Waals surface area contributed by atoms with Crippen LogP contribution in [0.4, 0.5) is 0 Å². The van der Waals surface area contributed by atoms with Crippen LogP contribution < -0.4 is 14.8 Å². The maximum absolute atomic E-state index is 11.8. The fourth-order valence-corrected chi connectivity index (χ4v) is 2.25. The third kappa shape index (κ3) is 6.64. The average Bonchev–Trinajstić information content (AvgIpc) is 2.59. The summed E-state index contributed by atoms with van der Waals surface area (Å²) in [6.45, 7) is 3.83. The van der Waals surface area contributed by atoms with Crippen LogP contribution in [-0.4, -0.2) is 30.3 Å². The smallest absolute Gasteiger partial charge is 0.258 e. The summed E-state index contributed by atoms with van der Waals surface area (Å²) >= 11 is 5.78. The number of benzene rings is 2. The minimum Gasteiger partial charge on any atom is -0.491 e. The Kier molecular flexibility index (Phi) is 7.10. The largest absolute Gasteiger partial charge is 0.491 e. The number of hydrogen-bond acceptors (Lipinski definition) is 4. The Morgan fingerprint density at radius 1 is 1.16 bits per heavy atom. The van der Waals surface area contributed by atoms with Crippen LogP contribution in [0.25, 0.3) is 0 Å². The third-order valence-corrected chi connectivity index (χ3v) is 3.54. The molecule has 2 aromatic carbocycles. The number of amides is 1. The number of halogens is 1. The zero-order chi connectivity index (χ0) is 18.2. The van der Waals surface area contributed by atoms with Gasteiger partial charge in [0.25, 0.3) is 5.91 Å². The summed E-state index contributed by atoms with van der Waals surface area (Å²) in [6, 6.07) is 13.9. The molecule has 0 saturated heterocycles. The highest BCUT2D eigenvalue weighted by molar-refractivity contribution is 6.30. The molecule has 0 aliphatic carbocycles. The van der Waals surface area contributed by atoms with Crippen LogP contribution in [0.5, 0.6) is 11.5 Å². The molecule has 0 aliphatic rings. The molecule has 2 aromatic rings. The fourth-order valence-electron chi connectivity index (χ4n) is 2.13. The maximum atomic E-state index is 11.8. The summed E-state index contributed by atoms with van der Waals surface area (Å²) in [5, 5.41) is 13.5. The molecule has 6 heteroatoms. The fraction of sp³-hybridized carbons (Fsp3) is 0.316. The summed E-state index contributed by atoms with van der Waals surface area (Å²) in [7, 11) is 0. The van der Waals surface area contributed by atoms with E-state index in [1.165, 1.54) is 0 Å². The Morgan fingerprint density at radius 3 is 2.56 bits per heavy atom. The Balaban J connectivity index is 1.79. The van der Waals surface area contributed by atoms with Gasteiger partial charge < -0.3 is 19.9 Å². The Bertz CT molecular complexity index is 688. The predicted octanol–water partition coefficient (Wildman–Crippen LogP) is 3.36. The lowest BCUT2D eigenvalue weighted by molar-refractivity contribution is -0.123. The lowest BCUT2D eigenvalue weighted by Gasteiger charge is -2.15. The standard InChI is InChI=1S/C19H22ClNO4/c1-13(2)25-17-5-3-4-14(10-17)18(22)11-21-19(23)12-24-16-8-6-15(20)7-9-16/h3-10,13,18,22H,11-12H2,1-2H3,(H,21,23). The Labute approximate surface area is 152 Å². The van der Waals surface area contributed by atoms with E-state index in [1.807, 2.05) is 26.0 Å². The normalized spacial score (nSPS) is 11.9. The van der Waals surface area contributed by atoms with Gasteiger partial charge in [-0.3, -0.25) is 4.79 Å². The zero-order valence-corrected chi connectivity index (χ0v) is 15.0. The lowest BCUT2D eigenvalue weighted by Crippen LogP contribution is -2.32. The van der Waals surface area contributed by atoms with Gasteiger partial charge in [0.15, 0.2) is 6.61 Å². The molecule has 25 heavy (non-hydrogen) atoms. The number of nitrogens with one attached hydrogen (secondary N) is 1. The van der Waals surface area contributed by atoms with Crippen LogP contribution in [0, 0.1) is 0 Å². The number of carbonyl (C=O) groups is 1. The van der Waals surface area contributed by atoms with Gasteiger partial charge in [-0.05, 0) is 55.8 Å². The van der Waals surface area contributed by atoms with E-state index < -0.39 is 6.10 Å². The van der Waals surface area contributed by atoms with Gasteiger partial charge in [0.1, 0.15) is 11.5 Å². The molecule has 0 saturated carbocycles. The highest BCUT2D eigenvalue weighted by Crippen LogP contribution is 2.20. The summed E-state index contributed by atoms with van der Waals surface area (Å²) in [5.74, 6) is 0.922. The molecule has 0 heterocycles. The minimum atomic E-state index is -0.824. The van der Waals surface area contributed by atoms with Crippen molar-refractivity contribution in [1.29, 1.82) is 0 Å². The van der Waals surface area contributed by atoms with Crippen LogP contribution >= 0.6 is 11.6 Å². The summed E-state index contributed by atoms with van der Waals surface area (Å²) in [4.78, 5) is 11.8. The second-order valence-electron chi connectivity index (χ2n) is 5.80. The minimum absolute atomic E-state index is 0.0529. The molecule has 1 unspecified atom stereocenters. The van der Waals surface area contributed by atoms with E-state index >= 15 is 0 Å². The predicted molar refractivity (Wildman–Crippen MR) is 97.1 cm³/mol. The molecule has 0 aromatic heterocycles. The Hall–Kier alpha value is -2.24. The van der Waals surface area contributed by atoms with E-state index in [-0.39, 0.29) is 25.2 Å². The number of aliphatic hydroxyl groups excluding tert-OH is 1. The molecular weight excluding hydrogens is 342 g/mol. The van der Waals surface area contributed by atoms with Crippen LogP contribution in [0.1, 0.15) is 25.5 Å². The average molecular weight is 364 g/mol. The van der Waals surface area contributed by atoms with Crippen LogP contribution in [0.15, 0.2) is 48.5 Å². The lowest BCUT2D eigenvalue weighted by atomic mass is 10.1.